The fourth-order valence-corrected chi connectivity index (χ4v) is 2.51. The Bertz CT molecular complexity index is 716. The predicted octanol–water partition coefficient (Wildman–Crippen LogP) is 2.54. The minimum Gasteiger partial charge on any atom is -0.484 e. The molecule has 0 atom stereocenters. The molecule has 0 aliphatic carbocycles. The van der Waals surface area contributed by atoms with E-state index in [2.05, 4.69) is 10.6 Å². The number of anilines is 1. The van der Waals surface area contributed by atoms with Crippen molar-refractivity contribution in [1.29, 1.82) is 0 Å². The maximum absolute atomic E-state index is 12.2. The SMILES string of the molecule is CCC(CC)(CN)NC(=O)COc1cccc(NC(=O)c2ccco2)c1. The van der Waals surface area contributed by atoms with Gasteiger partial charge in [0.1, 0.15) is 5.75 Å². The minimum atomic E-state index is -0.403. The van der Waals surface area contributed by atoms with Gasteiger partial charge < -0.3 is 25.5 Å². The van der Waals surface area contributed by atoms with Crippen molar-refractivity contribution >= 4 is 17.5 Å². The highest BCUT2D eigenvalue weighted by Crippen LogP contribution is 2.19. The molecule has 2 amide bonds. The van der Waals surface area contributed by atoms with Gasteiger partial charge in [0.25, 0.3) is 11.8 Å². The van der Waals surface area contributed by atoms with Gasteiger partial charge in [-0.05, 0) is 37.1 Å². The maximum atomic E-state index is 12.2. The Morgan fingerprint density at radius 3 is 2.58 bits per heavy atom. The number of nitrogens with one attached hydrogen (secondary N) is 2. The Labute approximate surface area is 152 Å². The van der Waals surface area contributed by atoms with Gasteiger partial charge in [0.15, 0.2) is 12.4 Å². The first-order valence-corrected chi connectivity index (χ1v) is 8.60. The van der Waals surface area contributed by atoms with Crippen LogP contribution >= 0.6 is 0 Å². The second-order valence-corrected chi connectivity index (χ2v) is 5.99. The predicted molar refractivity (Wildman–Crippen MR) is 99.1 cm³/mol. The normalized spacial score (nSPS) is 11.0. The van der Waals surface area contributed by atoms with Crippen molar-refractivity contribution in [3.05, 3.63) is 48.4 Å². The molecule has 7 heteroatoms. The summed E-state index contributed by atoms with van der Waals surface area (Å²) in [5.41, 5.74) is 5.93. The second-order valence-electron chi connectivity index (χ2n) is 5.99. The van der Waals surface area contributed by atoms with Crippen molar-refractivity contribution in [3.8, 4) is 5.75 Å². The number of amides is 2. The molecule has 0 aliphatic rings. The molecule has 0 saturated carbocycles. The van der Waals surface area contributed by atoms with Crippen LogP contribution < -0.4 is 21.1 Å². The molecule has 0 fully saturated rings. The standard InChI is InChI=1S/C19H25N3O4/c1-3-19(4-2,13-20)22-17(23)12-26-15-8-5-7-14(11-15)21-18(24)16-9-6-10-25-16/h5-11H,3-4,12-13,20H2,1-2H3,(H,21,24)(H,22,23). The molecule has 2 aromatic rings. The van der Waals surface area contributed by atoms with E-state index in [4.69, 9.17) is 14.9 Å². The summed E-state index contributed by atoms with van der Waals surface area (Å²) in [5, 5.41) is 5.65. The molecule has 1 heterocycles. The van der Waals surface area contributed by atoms with Crippen LogP contribution in [-0.4, -0.2) is 30.5 Å². The zero-order chi connectivity index (χ0) is 19.0. The molecular weight excluding hydrogens is 334 g/mol. The third kappa shape index (κ3) is 5.10. The van der Waals surface area contributed by atoms with Crippen LogP contribution in [-0.2, 0) is 4.79 Å². The van der Waals surface area contributed by atoms with Gasteiger partial charge in [0, 0.05) is 18.3 Å². The highest BCUT2D eigenvalue weighted by Gasteiger charge is 2.26. The van der Waals surface area contributed by atoms with E-state index >= 15 is 0 Å². The molecular formula is C19H25N3O4. The molecule has 0 unspecified atom stereocenters. The topological polar surface area (TPSA) is 107 Å². The Morgan fingerprint density at radius 2 is 1.96 bits per heavy atom. The van der Waals surface area contributed by atoms with Gasteiger partial charge in [0.05, 0.1) is 11.8 Å². The molecule has 140 valence electrons. The molecule has 26 heavy (non-hydrogen) atoms. The van der Waals surface area contributed by atoms with Crippen LogP contribution in [0, 0.1) is 0 Å². The molecule has 0 radical (unpaired) electrons. The van der Waals surface area contributed by atoms with Gasteiger partial charge in [-0.25, -0.2) is 0 Å². The van der Waals surface area contributed by atoms with Gasteiger partial charge >= 0.3 is 0 Å². The number of hydrogen-bond donors (Lipinski definition) is 3. The molecule has 0 spiro atoms. The van der Waals surface area contributed by atoms with Crippen LogP contribution in [0.2, 0.25) is 0 Å². The largest absolute Gasteiger partial charge is 0.484 e. The molecule has 4 N–H and O–H groups in total. The lowest BCUT2D eigenvalue weighted by Crippen LogP contribution is -2.54. The summed E-state index contributed by atoms with van der Waals surface area (Å²) in [6, 6.07) is 10.0. The van der Waals surface area contributed by atoms with Crippen LogP contribution in [0.1, 0.15) is 37.2 Å². The van der Waals surface area contributed by atoms with E-state index in [0.717, 1.165) is 12.8 Å². The van der Waals surface area contributed by atoms with E-state index in [1.54, 1.807) is 36.4 Å². The van der Waals surface area contributed by atoms with Gasteiger partial charge in [-0.3, -0.25) is 9.59 Å². The van der Waals surface area contributed by atoms with Gasteiger partial charge in [0.2, 0.25) is 0 Å². The summed E-state index contributed by atoms with van der Waals surface area (Å²) < 4.78 is 10.6. The number of carbonyl (C=O) groups excluding carboxylic acids is 2. The zero-order valence-electron chi connectivity index (χ0n) is 15.1. The number of furan rings is 1. The summed E-state index contributed by atoms with van der Waals surface area (Å²) in [7, 11) is 0. The lowest BCUT2D eigenvalue weighted by atomic mass is 9.93. The molecule has 2 rings (SSSR count). The molecule has 0 saturated heterocycles. The average Bonchev–Trinajstić information content (AvgIpc) is 3.20. The molecule has 0 aliphatic heterocycles. The van der Waals surface area contributed by atoms with Crippen LogP contribution in [0.5, 0.6) is 5.75 Å². The van der Waals surface area contributed by atoms with E-state index in [1.807, 2.05) is 13.8 Å². The first-order valence-electron chi connectivity index (χ1n) is 8.60. The van der Waals surface area contributed by atoms with Crippen LogP contribution in [0.15, 0.2) is 47.1 Å². The molecule has 0 bridgehead atoms. The van der Waals surface area contributed by atoms with E-state index in [-0.39, 0.29) is 24.2 Å². The van der Waals surface area contributed by atoms with Gasteiger partial charge in [-0.15, -0.1) is 0 Å². The monoisotopic (exact) mass is 359 g/mol. The van der Waals surface area contributed by atoms with E-state index in [1.165, 1.54) is 6.26 Å². The Hall–Kier alpha value is -2.80. The maximum Gasteiger partial charge on any atom is 0.291 e. The van der Waals surface area contributed by atoms with Gasteiger partial charge in [-0.2, -0.15) is 0 Å². The number of nitrogens with two attached hydrogens (primary N) is 1. The van der Waals surface area contributed by atoms with Crippen LogP contribution in [0.25, 0.3) is 0 Å². The summed E-state index contributed by atoms with van der Waals surface area (Å²) in [4.78, 5) is 24.1. The van der Waals surface area contributed by atoms with Crippen LogP contribution in [0.3, 0.4) is 0 Å². The molecule has 1 aromatic heterocycles. The average molecular weight is 359 g/mol. The zero-order valence-corrected chi connectivity index (χ0v) is 15.1. The van der Waals surface area contributed by atoms with E-state index < -0.39 is 5.54 Å². The lowest BCUT2D eigenvalue weighted by molar-refractivity contribution is -0.125. The van der Waals surface area contributed by atoms with E-state index in [9.17, 15) is 9.59 Å². The Kier molecular flexibility index (Phi) is 6.80. The molecule has 7 nitrogen and oxygen atoms in total. The Morgan fingerprint density at radius 1 is 1.19 bits per heavy atom. The Balaban J connectivity index is 1.92. The lowest BCUT2D eigenvalue weighted by Gasteiger charge is -2.31. The van der Waals surface area contributed by atoms with Gasteiger partial charge in [-0.1, -0.05) is 19.9 Å². The first kappa shape index (κ1) is 19.5. The highest BCUT2D eigenvalue weighted by molar-refractivity contribution is 6.02. The van der Waals surface area contributed by atoms with Crippen molar-refractivity contribution in [2.45, 2.75) is 32.2 Å². The van der Waals surface area contributed by atoms with Crippen molar-refractivity contribution in [1.82, 2.24) is 5.32 Å². The fraction of sp³-hybridized carbons (Fsp3) is 0.368. The number of carbonyl (C=O) groups is 2. The third-order valence-corrected chi connectivity index (χ3v) is 4.36. The summed E-state index contributed by atoms with van der Waals surface area (Å²) in [6.07, 6.45) is 2.93. The van der Waals surface area contributed by atoms with Crippen LogP contribution in [0.4, 0.5) is 5.69 Å². The van der Waals surface area contributed by atoms with Crippen molar-refractivity contribution < 1.29 is 18.7 Å². The number of benzene rings is 1. The second kappa shape index (κ2) is 9.05. The number of ether oxygens (including phenoxy) is 1. The van der Waals surface area contributed by atoms with Crippen molar-refractivity contribution in [3.63, 3.8) is 0 Å². The van der Waals surface area contributed by atoms with E-state index in [0.29, 0.717) is 18.0 Å². The highest BCUT2D eigenvalue weighted by atomic mass is 16.5. The first-order chi connectivity index (χ1) is 12.5. The fourth-order valence-electron chi connectivity index (χ4n) is 2.51. The third-order valence-electron chi connectivity index (χ3n) is 4.36. The number of hydrogen-bond acceptors (Lipinski definition) is 5. The minimum absolute atomic E-state index is 0.128. The number of rotatable bonds is 9. The quantitative estimate of drug-likeness (QED) is 0.638. The summed E-state index contributed by atoms with van der Waals surface area (Å²) >= 11 is 0. The summed E-state index contributed by atoms with van der Waals surface area (Å²) in [5.74, 6) is 0.101. The van der Waals surface area contributed by atoms with Crippen molar-refractivity contribution in [2.75, 3.05) is 18.5 Å². The van der Waals surface area contributed by atoms with Crippen molar-refractivity contribution in [2.24, 2.45) is 5.73 Å². The smallest absolute Gasteiger partial charge is 0.291 e. The summed E-state index contributed by atoms with van der Waals surface area (Å²) in [6.45, 7) is 4.22. The molecule has 1 aromatic carbocycles.